The highest BCUT2D eigenvalue weighted by Gasteiger charge is 2.08. The van der Waals surface area contributed by atoms with Crippen molar-refractivity contribution in [2.75, 3.05) is 0 Å². The molecule has 114 valence electrons. The second-order valence-corrected chi connectivity index (χ2v) is 5.80. The van der Waals surface area contributed by atoms with Gasteiger partial charge in [-0.1, -0.05) is 12.1 Å². The highest BCUT2D eigenvalue weighted by Crippen LogP contribution is 2.11. The van der Waals surface area contributed by atoms with E-state index in [-0.39, 0.29) is 12.3 Å². The molecule has 0 aliphatic carbocycles. The van der Waals surface area contributed by atoms with E-state index in [2.05, 4.69) is 21.6 Å². The molecule has 0 unspecified atom stereocenters. The lowest BCUT2D eigenvalue weighted by molar-refractivity contribution is -0.120. The van der Waals surface area contributed by atoms with Gasteiger partial charge in [0, 0.05) is 17.8 Å². The van der Waals surface area contributed by atoms with Gasteiger partial charge in [0.2, 0.25) is 5.91 Å². The lowest BCUT2D eigenvalue weighted by Crippen LogP contribution is -2.21. The van der Waals surface area contributed by atoms with Crippen LogP contribution in [0.4, 0.5) is 0 Å². The summed E-state index contributed by atoms with van der Waals surface area (Å²) in [4.78, 5) is 17.2. The summed E-state index contributed by atoms with van der Waals surface area (Å²) < 4.78 is 1.89. The van der Waals surface area contributed by atoms with Crippen LogP contribution in [0.5, 0.6) is 0 Å². The third-order valence-electron chi connectivity index (χ3n) is 3.26. The molecular weight excluding hydrogens is 310 g/mol. The van der Waals surface area contributed by atoms with Crippen molar-refractivity contribution in [2.45, 2.75) is 13.3 Å². The molecule has 6 nitrogen and oxygen atoms in total. The first-order valence-corrected chi connectivity index (χ1v) is 7.78. The summed E-state index contributed by atoms with van der Waals surface area (Å²) in [5, 5.41) is 14.8. The number of carbonyl (C=O) groups excluding carboxylic acids is 1. The van der Waals surface area contributed by atoms with Crippen LogP contribution in [-0.2, 0) is 11.2 Å². The Balaban J connectivity index is 1.62. The van der Waals surface area contributed by atoms with Gasteiger partial charge in [0.15, 0.2) is 4.96 Å². The molecular formula is C16H13N5OS. The van der Waals surface area contributed by atoms with Gasteiger partial charge in [-0.3, -0.25) is 9.20 Å². The summed E-state index contributed by atoms with van der Waals surface area (Å²) in [5.41, 5.74) is 5.36. The maximum Gasteiger partial charge on any atom is 0.246 e. The van der Waals surface area contributed by atoms with Gasteiger partial charge in [0.05, 0.1) is 29.5 Å². The number of thiazole rings is 1. The quantitative estimate of drug-likeness (QED) is 0.591. The fraction of sp³-hybridized carbons (Fsp3) is 0.125. The Morgan fingerprint density at radius 1 is 1.43 bits per heavy atom. The topological polar surface area (TPSA) is 82.6 Å². The minimum Gasteiger partial charge on any atom is -0.297 e. The zero-order valence-corrected chi connectivity index (χ0v) is 13.2. The van der Waals surface area contributed by atoms with E-state index in [1.54, 1.807) is 31.2 Å². The molecule has 7 heteroatoms. The number of carbonyl (C=O) groups is 1. The van der Waals surface area contributed by atoms with Crippen molar-refractivity contribution in [1.29, 1.82) is 5.26 Å². The predicted molar refractivity (Wildman–Crippen MR) is 88.3 cm³/mol. The number of rotatable bonds is 4. The van der Waals surface area contributed by atoms with Crippen molar-refractivity contribution in [3.05, 3.63) is 58.9 Å². The Bertz CT molecular complexity index is 885. The molecule has 23 heavy (non-hydrogen) atoms. The molecule has 0 aliphatic rings. The van der Waals surface area contributed by atoms with E-state index < -0.39 is 0 Å². The van der Waals surface area contributed by atoms with Gasteiger partial charge in [0.25, 0.3) is 0 Å². The summed E-state index contributed by atoms with van der Waals surface area (Å²) in [5.74, 6) is -0.219. The Kier molecular flexibility index (Phi) is 4.17. The smallest absolute Gasteiger partial charge is 0.246 e. The molecule has 3 rings (SSSR count). The number of nitrogens with zero attached hydrogens (tertiary/aromatic N) is 4. The maximum absolute atomic E-state index is 11.9. The number of hydrogen-bond donors (Lipinski definition) is 1. The lowest BCUT2D eigenvalue weighted by Gasteiger charge is -2.02. The van der Waals surface area contributed by atoms with Crippen LogP contribution in [-0.4, -0.2) is 21.0 Å². The van der Waals surface area contributed by atoms with Crippen LogP contribution in [0.2, 0.25) is 0 Å². The van der Waals surface area contributed by atoms with Gasteiger partial charge in [-0.15, -0.1) is 11.3 Å². The molecule has 2 aromatic heterocycles. The van der Waals surface area contributed by atoms with E-state index in [4.69, 9.17) is 5.26 Å². The summed E-state index contributed by atoms with van der Waals surface area (Å²) in [6, 6.07) is 9.09. The third-order valence-corrected chi connectivity index (χ3v) is 4.04. The highest BCUT2D eigenvalue weighted by atomic mass is 32.1. The number of fused-ring (bicyclic) bond motifs is 1. The van der Waals surface area contributed by atoms with Gasteiger partial charge in [-0.25, -0.2) is 10.4 Å². The number of hydrogen-bond acceptors (Lipinski definition) is 5. The predicted octanol–water partition coefficient (Wildman–Crippen LogP) is 2.35. The zero-order valence-electron chi connectivity index (χ0n) is 12.4. The van der Waals surface area contributed by atoms with Gasteiger partial charge in [0.1, 0.15) is 0 Å². The van der Waals surface area contributed by atoms with E-state index in [9.17, 15) is 4.79 Å². The molecule has 0 saturated carbocycles. The van der Waals surface area contributed by atoms with Crippen molar-refractivity contribution in [2.24, 2.45) is 5.10 Å². The first-order valence-electron chi connectivity index (χ1n) is 6.90. The van der Waals surface area contributed by atoms with Crippen molar-refractivity contribution in [3.8, 4) is 6.07 Å². The number of nitriles is 1. The first-order chi connectivity index (χ1) is 11.2. The lowest BCUT2D eigenvalue weighted by atomic mass is 10.1. The molecule has 0 spiro atoms. The van der Waals surface area contributed by atoms with Crippen LogP contribution in [0, 0.1) is 11.3 Å². The minimum absolute atomic E-state index is 0.179. The monoisotopic (exact) mass is 323 g/mol. The van der Waals surface area contributed by atoms with Crippen molar-refractivity contribution in [3.63, 3.8) is 0 Å². The van der Waals surface area contributed by atoms with E-state index in [0.29, 0.717) is 17.0 Å². The van der Waals surface area contributed by atoms with E-state index >= 15 is 0 Å². The number of imidazole rings is 1. The zero-order chi connectivity index (χ0) is 16.2. The summed E-state index contributed by atoms with van der Waals surface area (Å²) >= 11 is 1.52. The molecule has 0 bridgehead atoms. The van der Waals surface area contributed by atoms with E-state index in [1.165, 1.54) is 11.3 Å². The average molecular weight is 323 g/mol. The minimum atomic E-state index is -0.219. The van der Waals surface area contributed by atoms with Crippen LogP contribution >= 0.6 is 11.3 Å². The Morgan fingerprint density at radius 3 is 2.91 bits per heavy atom. The molecule has 0 saturated heterocycles. The second-order valence-electron chi connectivity index (χ2n) is 4.92. The number of benzene rings is 1. The van der Waals surface area contributed by atoms with E-state index in [1.807, 2.05) is 22.2 Å². The Morgan fingerprint density at radius 2 is 2.22 bits per heavy atom. The molecule has 1 aromatic carbocycles. The van der Waals surface area contributed by atoms with Crippen LogP contribution in [0.15, 0.2) is 47.1 Å². The standard InChI is InChI=1S/C16H13N5OS/c1-11(13-4-2-12(9-17)3-5-13)19-20-15(22)8-14-10-21-6-7-23-16(21)18-14/h2-7,10H,8H2,1H3,(H,20,22). The van der Waals surface area contributed by atoms with Crippen molar-refractivity contribution in [1.82, 2.24) is 14.8 Å². The van der Waals surface area contributed by atoms with Crippen LogP contribution in [0.3, 0.4) is 0 Å². The van der Waals surface area contributed by atoms with Gasteiger partial charge in [-0.2, -0.15) is 10.4 Å². The third kappa shape index (κ3) is 3.44. The molecule has 2 heterocycles. The molecule has 1 N–H and O–H groups in total. The average Bonchev–Trinajstić information content (AvgIpc) is 3.14. The van der Waals surface area contributed by atoms with Gasteiger partial charge in [-0.05, 0) is 24.6 Å². The Hall–Kier alpha value is -2.98. The van der Waals surface area contributed by atoms with E-state index in [0.717, 1.165) is 10.5 Å². The normalized spacial score (nSPS) is 11.4. The van der Waals surface area contributed by atoms with Crippen molar-refractivity contribution >= 4 is 27.9 Å². The molecule has 0 fully saturated rings. The van der Waals surface area contributed by atoms with Crippen molar-refractivity contribution < 1.29 is 4.79 Å². The molecule has 0 aliphatic heterocycles. The van der Waals surface area contributed by atoms with Crippen LogP contribution in [0.25, 0.3) is 4.96 Å². The number of amides is 1. The molecule has 3 aromatic rings. The second kappa shape index (κ2) is 6.42. The maximum atomic E-state index is 11.9. The van der Waals surface area contributed by atoms with Crippen LogP contribution in [0.1, 0.15) is 23.7 Å². The number of hydrazone groups is 1. The number of aromatic nitrogens is 2. The SMILES string of the molecule is CC(=NNC(=O)Cc1cn2ccsc2n1)c1ccc(C#N)cc1. The first kappa shape index (κ1) is 14.9. The fourth-order valence-electron chi connectivity index (χ4n) is 2.06. The summed E-state index contributed by atoms with van der Waals surface area (Å²) in [6.07, 6.45) is 3.92. The largest absolute Gasteiger partial charge is 0.297 e. The Labute approximate surface area is 136 Å². The summed E-state index contributed by atoms with van der Waals surface area (Å²) in [7, 11) is 0. The van der Waals surface area contributed by atoms with Gasteiger partial charge < -0.3 is 0 Å². The molecule has 0 atom stereocenters. The highest BCUT2D eigenvalue weighted by molar-refractivity contribution is 7.15. The molecule has 1 amide bonds. The van der Waals surface area contributed by atoms with Crippen LogP contribution < -0.4 is 5.43 Å². The molecule has 0 radical (unpaired) electrons. The fourth-order valence-corrected chi connectivity index (χ4v) is 2.78. The summed E-state index contributed by atoms with van der Waals surface area (Å²) in [6.45, 7) is 1.80. The number of nitrogens with one attached hydrogen (secondary N) is 1. The van der Waals surface area contributed by atoms with Gasteiger partial charge >= 0.3 is 0 Å².